The highest BCUT2D eigenvalue weighted by atomic mass is 19.4. The minimum Gasteiger partial charge on any atom is -0.493 e. The summed E-state index contributed by atoms with van der Waals surface area (Å²) in [5, 5.41) is 6.89. The lowest BCUT2D eigenvalue weighted by Gasteiger charge is -2.13. The topological polar surface area (TPSA) is 48.3 Å². The van der Waals surface area contributed by atoms with Crippen molar-refractivity contribution in [2.75, 3.05) is 14.2 Å². The Bertz CT molecular complexity index is 921. The molecule has 28 heavy (non-hydrogen) atoms. The summed E-state index contributed by atoms with van der Waals surface area (Å²) in [7, 11) is 3.19. The van der Waals surface area contributed by atoms with E-state index in [0.717, 1.165) is 17.2 Å². The molecule has 5 nitrogen and oxygen atoms in total. The molecule has 8 heteroatoms. The number of nitrogens with one attached hydrogen (secondary N) is 1. The van der Waals surface area contributed by atoms with Gasteiger partial charge in [0.15, 0.2) is 17.2 Å². The van der Waals surface area contributed by atoms with Gasteiger partial charge >= 0.3 is 6.18 Å². The molecule has 3 rings (SSSR count). The number of hydrogen-bond acceptors (Lipinski definition) is 4. The maximum absolute atomic E-state index is 12.7. The average Bonchev–Trinajstić information content (AvgIpc) is 3.19. The number of aromatic nitrogens is 2. The third-order valence-electron chi connectivity index (χ3n) is 4.21. The molecule has 0 unspecified atom stereocenters. The summed E-state index contributed by atoms with van der Waals surface area (Å²) in [6.07, 6.45) is -3.15. The molecule has 1 aromatic heterocycles. The van der Waals surface area contributed by atoms with Crippen LogP contribution in [-0.2, 0) is 19.3 Å². The molecule has 0 aliphatic heterocycles. The molecule has 1 N–H and O–H groups in total. The lowest BCUT2D eigenvalue weighted by Crippen LogP contribution is -2.13. The number of alkyl halides is 3. The zero-order chi connectivity index (χ0) is 20.1. The smallest absolute Gasteiger partial charge is 0.435 e. The van der Waals surface area contributed by atoms with Crippen LogP contribution in [-0.4, -0.2) is 24.0 Å². The van der Waals surface area contributed by atoms with E-state index < -0.39 is 11.9 Å². The Morgan fingerprint density at radius 3 is 2.32 bits per heavy atom. The molecule has 3 aromatic rings. The molecule has 0 saturated carbocycles. The van der Waals surface area contributed by atoms with Crippen molar-refractivity contribution in [2.24, 2.45) is 0 Å². The van der Waals surface area contributed by atoms with E-state index in [1.165, 1.54) is 10.9 Å². The number of methoxy groups -OCH3 is 2. The third-order valence-corrected chi connectivity index (χ3v) is 4.21. The van der Waals surface area contributed by atoms with Gasteiger partial charge in [0.05, 0.1) is 19.9 Å². The van der Waals surface area contributed by atoms with Crippen LogP contribution in [0.15, 0.2) is 54.7 Å². The minimum absolute atomic E-state index is 0.564. The van der Waals surface area contributed by atoms with Gasteiger partial charge in [0.2, 0.25) is 0 Å². The molecule has 0 aliphatic rings. The standard InChI is InChI=1S/C20H20F3N3O2/c1-27-17-5-3-4-15(19(17)28-2)13-24-12-14-6-8-16(9-7-14)26-11-10-18(25-26)20(21,22)23/h3-11,24H,12-13H2,1-2H3. The molecule has 0 aliphatic carbocycles. The minimum atomic E-state index is -4.45. The molecular weight excluding hydrogens is 371 g/mol. The molecule has 0 saturated heterocycles. The van der Waals surface area contributed by atoms with E-state index in [2.05, 4.69) is 10.4 Å². The van der Waals surface area contributed by atoms with Gasteiger partial charge in [-0.2, -0.15) is 18.3 Å². The summed E-state index contributed by atoms with van der Waals surface area (Å²) in [6.45, 7) is 1.17. The van der Waals surface area contributed by atoms with E-state index in [0.29, 0.717) is 30.3 Å². The summed E-state index contributed by atoms with van der Waals surface area (Å²) in [5.74, 6) is 1.36. The fourth-order valence-electron chi connectivity index (χ4n) is 2.82. The van der Waals surface area contributed by atoms with Gasteiger partial charge in [0.25, 0.3) is 0 Å². The number of halogens is 3. The van der Waals surface area contributed by atoms with Crippen LogP contribution in [0.5, 0.6) is 11.5 Å². The van der Waals surface area contributed by atoms with Crippen LogP contribution in [0.2, 0.25) is 0 Å². The highest BCUT2D eigenvalue weighted by Gasteiger charge is 2.33. The number of hydrogen-bond donors (Lipinski definition) is 1. The molecule has 148 valence electrons. The van der Waals surface area contributed by atoms with Gasteiger partial charge in [-0.15, -0.1) is 0 Å². The number of para-hydroxylation sites is 1. The molecule has 0 fully saturated rings. The van der Waals surface area contributed by atoms with E-state index in [9.17, 15) is 13.2 Å². The number of rotatable bonds is 7. The predicted molar refractivity (Wildman–Crippen MR) is 98.7 cm³/mol. The zero-order valence-electron chi connectivity index (χ0n) is 15.5. The summed E-state index contributed by atoms with van der Waals surface area (Å²) < 4.78 is 49.9. The van der Waals surface area contributed by atoms with Crippen LogP contribution in [0.3, 0.4) is 0 Å². The van der Waals surface area contributed by atoms with E-state index in [4.69, 9.17) is 9.47 Å². The van der Waals surface area contributed by atoms with Crippen LogP contribution in [0, 0.1) is 0 Å². The molecular formula is C20H20F3N3O2. The summed E-state index contributed by atoms with van der Waals surface area (Å²) >= 11 is 0. The van der Waals surface area contributed by atoms with Crippen molar-refractivity contribution in [3.8, 4) is 17.2 Å². The predicted octanol–water partition coefficient (Wildman–Crippen LogP) is 4.20. The Morgan fingerprint density at radius 2 is 1.71 bits per heavy atom. The van der Waals surface area contributed by atoms with Gasteiger partial charge in [-0.3, -0.25) is 0 Å². The normalized spacial score (nSPS) is 11.5. The highest BCUT2D eigenvalue weighted by Crippen LogP contribution is 2.30. The van der Waals surface area contributed by atoms with Crippen molar-refractivity contribution in [3.05, 3.63) is 71.5 Å². The van der Waals surface area contributed by atoms with Gasteiger partial charge in [-0.25, -0.2) is 4.68 Å². The van der Waals surface area contributed by atoms with E-state index in [1.54, 1.807) is 26.4 Å². The molecule has 0 atom stereocenters. The Kier molecular flexibility index (Phi) is 5.89. The van der Waals surface area contributed by atoms with Gasteiger partial charge in [0.1, 0.15) is 0 Å². The SMILES string of the molecule is COc1cccc(CNCc2ccc(-n3ccc(C(F)(F)F)n3)cc2)c1OC. The molecule has 0 radical (unpaired) electrons. The van der Waals surface area contributed by atoms with Crippen molar-refractivity contribution < 1.29 is 22.6 Å². The largest absolute Gasteiger partial charge is 0.493 e. The molecule has 0 amide bonds. The Labute approximate surface area is 160 Å². The van der Waals surface area contributed by atoms with E-state index >= 15 is 0 Å². The first-order chi connectivity index (χ1) is 13.4. The lowest BCUT2D eigenvalue weighted by molar-refractivity contribution is -0.141. The van der Waals surface area contributed by atoms with Crippen molar-refractivity contribution >= 4 is 0 Å². The Balaban J connectivity index is 1.62. The maximum atomic E-state index is 12.7. The second-order valence-corrected chi connectivity index (χ2v) is 6.07. The van der Waals surface area contributed by atoms with Crippen LogP contribution in [0.25, 0.3) is 5.69 Å². The van der Waals surface area contributed by atoms with E-state index in [-0.39, 0.29) is 0 Å². The number of ether oxygens (including phenoxy) is 2. The van der Waals surface area contributed by atoms with Gasteiger partial charge in [-0.05, 0) is 29.8 Å². The molecule has 0 spiro atoms. The van der Waals surface area contributed by atoms with Crippen LogP contribution >= 0.6 is 0 Å². The first-order valence-electron chi connectivity index (χ1n) is 8.55. The first-order valence-corrected chi connectivity index (χ1v) is 8.55. The van der Waals surface area contributed by atoms with Crippen LogP contribution in [0.1, 0.15) is 16.8 Å². The second kappa shape index (κ2) is 8.35. The number of nitrogens with zero attached hydrogens (tertiary/aromatic N) is 2. The van der Waals surface area contributed by atoms with E-state index in [1.807, 2.05) is 30.3 Å². The molecule has 2 aromatic carbocycles. The fourth-order valence-corrected chi connectivity index (χ4v) is 2.82. The maximum Gasteiger partial charge on any atom is 0.435 e. The van der Waals surface area contributed by atoms with Crippen molar-refractivity contribution in [1.82, 2.24) is 15.1 Å². The summed E-state index contributed by atoms with van der Waals surface area (Å²) in [4.78, 5) is 0. The van der Waals surface area contributed by atoms with Gasteiger partial charge < -0.3 is 14.8 Å². The average molecular weight is 391 g/mol. The van der Waals surface area contributed by atoms with Crippen molar-refractivity contribution in [1.29, 1.82) is 0 Å². The Hall–Kier alpha value is -3.00. The highest BCUT2D eigenvalue weighted by molar-refractivity contribution is 5.46. The number of benzene rings is 2. The van der Waals surface area contributed by atoms with Crippen LogP contribution in [0.4, 0.5) is 13.2 Å². The summed E-state index contributed by atoms with van der Waals surface area (Å²) in [5.41, 5.74) is 1.61. The molecule has 0 bridgehead atoms. The third kappa shape index (κ3) is 4.45. The first kappa shape index (κ1) is 19.8. The van der Waals surface area contributed by atoms with Crippen molar-refractivity contribution in [3.63, 3.8) is 0 Å². The lowest BCUT2D eigenvalue weighted by atomic mass is 10.1. The quantitative estimate of drug-likeness (QED) is 0.656. The Morgan fingerprint density at radius 1 is 0.964 bits per heavy atom. The fraction of sp³-hybridized carbons (Fsp3) is 0.250. The van der Waals surface area contributed by atoms with Crippen LogP contribution < -0.4 is 14.8 Å². The van der Waals surface area contributed by atoms with Gasteiger partial charge in [0, 0.05) is 24.8 Å². The van der Waals surface area contributed by atoms with Crippen molar-refractivity contribution in [2.45, 2.75) is 19.3 Å². The zero-order valence-corrected chi connectivity index (χ0v) is 15.5. The monoisotopic (exact) mass is 391 g/mol. The summed E-state index contributed by atoms with van der Waals surface area (Å²) in [6, 6.07) is 13.8. The second-order valence-electron chi connectivity index (χ2n) is 6.07. The molecule has 1 heterocycles. The van der Waals surface area contributed by atoms with Gasteiger partial charge in [-0.1, -0.05) is 24.3 Å².